The van der Waals surface area contributed by atoms with Crippen molar-refractivity contribution >= 4 is 27.5 Å². The second-order valence-corrected chi connectivity index (χ2v) is 7.66. The zero-order valence-electron chi connectivity index (χ0n) is 12.8. The van der Waals surface area contributed by atoms with Gasteiger partial charge < -0.3 is 4.57 Å². The highest BCUT2D eigenvalue weighted by molar-refractivity contribution is 7.99. The predicted molar refractivity (Wildman–Crippen MR) is 88.7 cm³/mol. The lowest BCUT2D eigenvalue weighted by atomic mass is 10.3. The van der Waals surface area contributed by atoms with E-state index in [4.69, 9.17) is 0 Å². The number of nitrogens with zero attached hydrogens (tertiary/aromatic N) is 3. The number of hydrogen-bond donors (Lipinski definition) is 1. The molecule has 0 unspecified atom stereocenters. The molecule has 0 radical (unpaired) electrons. The van der Waals surface area contributed by atoms with Crippen LogP contribution in [-0.2, 0) is 17.1 Å². The average Bonchev–Trinajstić information content (AvgIpc) is 2.93. The van der Waals surface area contributed by atoms with E-state index in [2.05, 4.69) is 14.9 Å². The van der Waals surface area contributed by atoms with E-state index in [1.807, 2.05) is 0 Å². The average molecular weight is 382 g/mol. The Kier molecular flexibility index (Phi) is 4.73. The molecule has 2 aromatic carbocycles. The van der Waals surface area contributed by atoms with Gasteiger partial charge in [0.2, 0.25) is 0 Å². The zero-order chi connectivity index (χ0) is 18.0. The van der Waals surface area contributed by atoms with E-state index in [1.165, 1.54) is 24.2 Å². The van der Waals surface area contributed by atoms with E-state index < -0.39 is 26.6 Å². The number of halogens is 2. The van der Waals surface area contributed by atoms with Crippen LogP contribution < -0.4 is 4.72 Å². The van der Waals surface area contributed by atoms with Crippen molar-refractivity contribution in [2.75, 3.05) is 4.72 Å². The summed E-state index contributed by atoms with van der Waals surface area (Å²) >= 11 is 1.20. The Hall–Kier alpha value is -2.46. The predicted octanol–water partition coefficient (Wildman–Crippen LogP) is 3.05. The Labute approximate surface area is 147 Å². The van der Waals surface area contributed by atoms with Crippen LogP contribution in [0, 0.1) is 11.6 Å². The standard InChI is InChI=1S/C15H12F2N4O2S2/c1-21-9-18-19-15(21)24-13-5-3-2-4-12(13)20-25(22,23)14-7-6-10(16)8-11(14)17/h2-9,20H,1H3. The number of hydrogen-bond acceptors (Lipinski definition) is 5. The van der Waals surface area contributed by atoms with Crippen LogP contribution in [0.15, 0.2) is 63.7 Å². The van der Waals surface area contributed by atoms with Crippen molar-refractivity contribution < 1.29 is 17.2 Å². The van der Waals surface area contributed by atoms with Gasteiger partial charge >= 0.3 is 0 Å². The molecule has 0 aliphatic carbocycles. The van der Waals surface area contributed by atoms with Gasteiger partial charge in [-0.05, 0) is 36.0 Å². The van der Waals surface area contributed by atoms with Gasteiger partial charge in [-0.25, -0.2) is 17.2 Å². The molecule has 6 nitrogen and oxygen atoms in total. The summed E-state index contributed by atoms with van der Waals surface area (Å²) in [6.45, 7) is 0. The molecule has 0 bridgehead atoms. The number of benzene rings is 2. The fraction of sp³-hybridized carbons (Fsp3) is 0.0667. The number of anilines is 1. The Balaban J connectivity index is 1.94. The molecular formula is C15H12F2N4O2S2. The van der Waals surface area contributed by atoms with E-state index in [-0.39, 0.29) is 5.69 Å². The van der Waals surface area contributed by atoms with E-state index >= 15 is 0 Å². The highest BCUT2D eigenvalue weighted by Crippen LogP contribution is 2.33. The summed E-state index contributed by atoms with van der Waals surface area (Å²) in [5, 5.41) is 8.24. The molecule has 0 saturated carbocycles. The minimum atomic E-state index is -4.22. The summed E-state index contributed by atoms with van der Waals surface area (Å²) in [7, 11) is -2.47. The monoisotopic (exact) mass is 382 g/mol. The summed E-state index contributed by atoms with van der Waals surface area (Å²) in [4.78, 5) is -0.0722. The highest BCUT2D eigenvalue weighted by Gasteiger charge is 2.21. The lowest BCUT2D eigenvalue weighted by Gasteiger charge is -2.12. The number of rotatable bonds is 5. The van der Waals surface area contributed by atoms with Crippen molar-refractivity contribution in [3.63, 3.8) is 0 Å². The number of aryl methyl sites for hydroxylation is 1. The summed E-state index contributed by atoms with van der Waals surface area (Å²) < 4.78 is 55.7. The van der Waals surface area contributed by atoms with Crippen molar-refractivity contribution in [2.24, 2.45) is 7.05 Å². The van der Waals surface area contributed by atoms with Gasteiger partial charge in [0.15, 0.2) is 5.16 Å². The maximum atomic E-state index is 13.8. The van der Waals surface area contributed by atoms with Gasteiger partial charge in [-0.3, -0.25) is 4.72 Å². The number of para-hydroxylation sites is 1. The molecule has 0 saturated heterocycles. The molecule has 3 aromatic rings. The third-order valence-electron chi connectivity index (χ3n) is 3.19. The Morgan fingerprint density at radius 2 is 1.92 bits per heavy atom. The van der Waals surface area contributed by atoms with Crippen LogP contribution in [0.3, 0.4) is 0 Å². The van der Waals surface area contributed by atoms with E-state index in [9.17, 15) is 17.2 Å². The Morgan fingerprint density at radius 1 is 1.16 bits per heavy atom. The molecule has 1 aromatic heterocycles. The summed E-state index contributed by atoms with van der Waals surface area (Å²) in [6, 6.07) is 8.89. The van der Waals surface area contributed by atoms with Gasteiger partial charge in [-0.1, -0.05) is 12.1 Å². The topological polar surface area (TPSA) is 76.9 Å². The van der Waals surface area contributed by atoms with E-state index in [0.717, 1.165) is 12.1 Å². The summed E-state index contributed by atoms with van der Waals surface area (Å²) in [6.07, 6.45) is 1.52. The third kappa shape index (κ3) is 3.80. The number of aromatic nitrogens is 3. The molecule has 0 aliphatic rings. The van der Waals surface area contributed by atoms with Crippen LogP contribution in [0.25, 0.3) is 0 Å². The first kappa shape index (κ1) is 17.4. The van der Waals surface area contributed by atoms with Crippen LogP contribution in [0.4, 0.5) is 14.5 Å². The van der Waals surface area contributed by atoms with Crippen LogP contribution in [0.5, 0.6) is 0 Å². The minimum Gasteiger partial charge on any atom is -0.311 e. The van der Waals surface area contributed by atoms with E-state index in [1.54, 1.807) is 29.8 Å². The maximum absolute atomic E-state index is 13.8. The SMILES string of the molecule is Cn1cnnc1Sc1ccccc1NS(=O)(=O)c1ccc(F)cc1F. The molecule has 25 heavy (non-hydrogen) atoms. The lowest BCUT2D eigenvalue weighted by Crippen LogP contribution is -2.15. The highest BCUT2D eigenvalue weighted by atomic mass is 32.2. The van der Waals surface area contributed by atoms with Crippen molar-refractivity contribution in [1.29, 1.82) is 0 Å². The second-order valence-electron chi connectivity index (χ2n) is 5.00. The summed E-state index contributed by atoms with van der Waals surface area (Å²) in [5.74, 6) is -2.01. The molecule has 10 heteroatoms. The number of sulfonamides is 1. The first-order valence-corrected chi connectivity index (χ1v) is 9.25. The minimum absolute atomic E-state index is 0.249. The molecule has 130 valence electrons. The van der Waals surface area contributed by atoms with Gasteiger partial charge in [-0.15, -0.1) is 10.2 Å². The van der Waals surface area contributed by atoms with Crippen molar-refractivity contribution in [3.8, 4) is 0 Å². The van der Waals surface area contributed by atoms with Crippen LogP contribution in [0.1, 0.15) is 0 Å². The lowest BCUT2D eigenvalue weighted by molar-refractivity contribution is 0.551. The zero-order valence-corrected chi connectivity index (χ0v) is 14.5. The normalized spacial score (nSPS) is 11.5. The van der Waals surface area contributed by atoms with E-state index in [0.29, 0.717) is 16.1 Å². The fourth-order valence-electron chi connectivity index (χ4n) is 2.00. The van der Waals surface area contributed by atoms with Crippen molar-refractivity contribution in [1.82, 2.24) is 14.8 Å². The van der Waals surface area contributed by atoms with Crippen molar-refractivity contribution in [3.05, 3.63) is 60.4 Å². The molecule has 0 amide bonds. The van der Waals surface area contributed by atoms with Gasteiger partial charge in [0.1, 0.15) is 22.9 Å². The second kappa shape index (κ2) is 6.81. The molecule has 3 rings (SSSR count). The van der Waals surface area contributed by atoms with Gasteiger partial charge in [-0.2, -0.15) is 0 Å². The van der Waals surface area contributed by atoms with Crippen LogP contribution in [0.2, 0.25) is 0 Å². The molecule has 1 N–H and O–H groups in total. The Morgan fingerprint density at radius 3 is 2.60 bits per heavy atom. The van der Waals surface area contributed by atoms with Crippen molar-refractivity contribution in [2.45, 2.75) is 14.9 Å². The third-order valence-corrected chi connectivity index (χ3v) is 5.71. The number of nitrogens with one attached hydrogen (secondary N) is 1. The molecule has 0 atom stereocenters. The fourth-order valence-corrected chi connectivity index (χ4v) is 4.05. The molecule has 1 heterocycles. The first-order chi connectivity index (χ1) is 11.9. The van der Waals surface area contributed by atoms with Gasteiger partial charge in [0.05, 0.1) is 5.69 Å². The smallest absolute Gasteiger partial charge is 0.264 e. The van der Waals surface area contributed by atoms with Gasteiger partial charge in [0, 0.05) is 18.0 Å². The molecule has 0 fully saturated rings. The maximum Gasteiger partial charge on any atom is 0.264 e. The molecular weight excluding hydrogens is 370 g/mol. The first-order valence-electron chi connectivity index (χ1n) is 6.95. The largest absolute Gasteiger partial charge is 0.311 e. The quantitative estimate of drug-likeness (QED) is 0.734. The molecule has 0 aliphatic heterocycles. The summed E-state index contributed by atoms with van der Waals surface area (Å²) in [5.41, 5.74) is 0.249. The van der Waals surface area contributed by atoms with Gasteiger partial charge in [0.25, 0.3) is 10.0 Å². The molecule has 0 spiro atoms. The van der Waals surface area contributed by atoms with Crippen LogP contribution >= 0.6 is 11.8 Å². The van der Waals surface area contributed by atoms with Crippen LogP contribution in [-0.4, -0.2) is 23.2 Å². The Bertz CT molecular complexity index is 1020.